The predicted molar refractivity (Wildman–Crippen MR) is 60.0 cm³/mol. The van der Waals surface area contributed by atoms with Crippen molar-refractivity contribution in [3.8, 4) is 0 Å². The zero-order valence-corrected chi connectivity index (χ0v) is 9.71. The molecule has 90 valence electrons. The first-order valence-electron chi connectivity index (χ1n) is 5.68. The SMILES string of the molecule is CCCC(C)CC(O)c1cccc(F)c1F. The maximum atomic E-state index is 13.4. The van der Waals surface area contributed by atoms with E-state index in [9.17, 15) is 13.9 Å². The molecule has 0 radical (unpaired) electrons. The average Bonchev–Trinajstić information content (AvgIpc) is 2.22. The second-order valence-electron chi connectivity index (χ2n) is 4.29. The average molecular weight is 228 g/mol. The first-order valence-corrected chi connectivity index (χ1v) is 5.68. The number of rotatable bonds is 5. The lowest BCUT2D eigenvalue weighted by Gasteiger charge is -2.16. The van der Waals surface area contributed by atoms with Crippen LogP contribution in [0, 0.1) is 17.6 Å². The molecule has 0 amide bonds. The van der Waals surface area contributed by atoms with Crippen molar-refractivity contribution in [3.05, 3.63) is 35.4 Å². The third-order valence-electron chi connectivity index (χ3n) is 2.75. The van der Waals surface area contributed by atoms with E-state index in [0.29, 0.717) is 12.3 Å². The third kappa shape index (κ3) is 3.27. The summed E-state index contributed by atoms with van der Waals surface area (Å²) in [4.78, 5) is 0. The van der Waals surface area contributed by atoms with E-state index in [1.165, 1.54) is 12.1 Å². The van der Waals surface area contributed by atoms with Gasteiger partial charge in [-0.3, -0.25) is 0 Å². The van der Waals surface area contributed by atoms with Crippen LogP contribution in [0.2, 0.25) is 0 Å². The summed E-state index contributed by atoms with van der Waals surface area (Å²) >= 11 is 0. The molecule has 1 nitrogen and oxygen atoms in total. The van der Waals surface area contributed by atoms with Gasteiger partial charge in [-0.2, -0.15) is 0 Å². The molecule has 1 rings (SSSR count). The smallest absolute Gasteiger partial charge is 0.164 e. The van der Waals surface area contributed by atoms with Crippen LogP contribution in [-0.2, 0) is 0 Å². The highest BCUT2D eigenvalue weighted by Gasteiger charge is 2.17. The molecule has 0 spiro atoms. The van der Waals surface area contributed by atoms with Crippen molar-refractivity contribution in [1.29, 1.82) is 0 Å². The number of hydrogen-bond donors (Lipinski definition) is 1. The van der Waals surface area contributed by atoms with Crippen molar-refractivity contribution in [2.75, 3.05) is 0 Å². The molecule has 1 N–H and O–H groups in total. The summed E-state index contributed by atoms with van der Waals surface area (Å²) < 4.78 is 26.3. The van der Waals surface area contributed by atoms with Crippen molar-refractivity contribution in [3.63, 3.8) is 0 Å². The van der Waals surface area contributed by atoms with E-state index in [-0.39, 0.29) is 5.56 Å². The van der Waals surface area contributed by atoms with E-state index in [1.54, 1.807) is 0 Å². The van der Waals surface area contributed by atoms with E-state index in [0.717, 1.165) is 18.9 Å². The van der Waals surface area contributed by atoms with Gasteiger partial charge in [0.05, 0.1) is 6.10 Å². The van der Waals surface area contributed by atoms with Crippen LogP contribution >= 0.6 is 0 Å². The molecule has 3 heteroatoms. The van der Waals surface area contributed by atoms with Crippen molar-refractivity contribution >= 4 is 0 Å². The van der Waals surface area contributed by atoms with Gasteiger partial charge < -0.3 is 5.11 Å². The van der Waals surface area contributed by atoms with Gasteiger partial charge in [0.1, 0.15) is 0 Å². The number of aliphatic hydroxyl groups excluding tert-OH is 1. The van der Waals surface area contributed by atoms with E-state index >= 15 is 0 Å². The van der Waals surface area contributed by atoms with E-state index in [2.05, 4.69) is 6.92 Å². The quantitative estimate of drug-likeness (QED) is 0.812. The molecule has 16 heavy (non-hydrogen) atoms. The van der Waals surface area contributed by atoms with Crippen molar-refractivity contribution in [2.24, 2.45) is 5.92 Å². The molecule has 0 saturated carbocycles. The summed E-state index contributed by atoms with van der Waals surface area (Å²) in [6.45, 7) is 4.07. The first kappa shape index (κ1) is 13.1. The van der Waals surface area contributed by atoms with Gasteiger partial charge in [0.25, 0.3) is 0 Å². The minimum atomic E-state index is -0.932. The highest BCUT2D eigenvalue weighted by atomic mass is 19.2. The summed E-state index contributed by atoms with van der Waals surface area (Å²) in [6.07, 6.45) is 1.55. The first-order chi connectivity index (χ1) is 7.56. The molecule has 0 aliphatic heterocycles. The molecule has 0 saturated heterocycles. The molecule has 0 aliphatic carbocycles. The molecule has 0 aliphatic rings. The van der Waals surface area contributed by atoms with Gasteiger partial charge in [-0.1, -0.05) is 38.8 Å². The molecule has 2 atom stereocenters. The lowest BCUT2D eigenvalue weighted by Crippen LogP contribution is -2.07. The van der Waals surface area contributed by atoms with E-state index in [4.69, 9.17) is 0 Å². The van der Waals surface area contributed by atoms with Gasteiger partial charge in [-0.15, -0.1) is 0 Å². The van der Waals surface area contributed by atoms with Crippen LogP contribution in [0.25, 0.3) is 0 Å². The van der Waals surface area contributed by atoms with Gasteiger partial charge in [-0.05, 0) is 18.4 Å². The zero-order valence-electron chi connectivity index (χ0n) is 9.71. The summed E-state index contributed by atoms with van der Waals surface area (Å²) in [7, 11) is 0. The molecular formula is C13H18F2O. The minimum absolute atomic E-state index is 0.0583. The Hall–Kier alpha value is -0.960. The topological polar surface area (TPSA) is 20.2 Å². The van der Waals surface area contributed by atoms with E-state index < -0.39 is 17.7 Å². The normalized spacial score (nSPS) is 14.8. The van der Waals surface area contributed by atoms with Gasteiger partial charge in [0.15, 0.2) is 11.6 Å². The molecule has 0 heterocycles. The second-order valence-corrected chi connectivity index (χ2v) is 4.29. The van der Waals surface area contributed by atoms with Crippen LogP contribution in [0.15, 0.2) is 18.2 Å². The molecule has 2 unspecified atom stereocenters. The van der Waals surface area contributed by atoms with Gasteiger partial charge in [0.2, 0.25) is 0 Å². The number of benzene rings is 1. The highest BCUT2D eigenvalue weighted by Crippen LogP contribution is 2.26. The maximum Gasteiger partial charge on any atom is 0.164 e. The van der Waals surface area contributed by atoms with Crippen LogP contribution in [0.4, 0.5) is 8.78 Å². The Labute approximate surface area is 95.1 Å². The van der Waals surface area contributed by atoms with Crippen LogP contribution in [0.3, 0.4) is 0 Å². The zero-order chi connectivity index (χ0) is 12.1. The third-order valence-corrected chi connectivity index (χ3v) is 2.75. The second kappa shape index (κ2) is 5.94. The lowest BCUT2D eigenvalue weighted by molar-refractivity contribution is 0.140. The molecular weight excluding hydrogens is 210 g/mol. The number of aliphatic hydroxyl groups is 1. The van der Waals surface area contributed by atoms with Crippen LogP contribution in [-0.4, -0.2) is 5.11 Å². The number of hydrogen-bond acceptors (Lipinski definition) is 1. The molecule has 0 bridgehead atoms. The van der Waals surface area contributed by atoms with Crippen LogP contribution in [0.1, 0.15) is 44.8 Å². The fourth-order valence-corrected chi connectivity index (χ4v) is 1.90. The van der Waals surface area contributed by atoms with E-state index in [1.807, 2.05) is 6.92 Å². The summed E-state index contributed by atoms with van der Waals surface area (Å²) in [6, 6.07) is 3.91. The van der Waals surface area contributed by atoms with Crippen molar-refractivity contribution < 1.29 is 13.9 Å². The Kier molecular flexibility index (Phi) is 4.87. The lowest BCUT2D eigenvalue weighted by atomic mass is 9.94. The van der Waals surface area contributed by atoms with Crippen molar-refractivity contribution in [1.82, 2.24) is 0 Å². The maximum absolute atomic E-state index is 13.4. The predicted octanol–water partition coefficient (Wildman–Crippen LogP) is 3.82. The minimum Gasteiger partial charge on any atom is -0.388 e. The molecule has 0 fully saturated rings. The molecule has 0 aromatic heterocycles. The molecule has 1 aromatic carbocycles. The molecule has 1 aromatic rings. The van der Waals surface area contributed by atoms with Gasteiger partial charge >= 0.3 is 0 Å². The summed E-state index contributed by atoms with van der Waals surface area (Å²) in [5.74, 6) is -1.53. The summed E-state index contributed by atoms with van der Waals surface area (Å²) in [5.41, 5.74) is 0.0583. The van der Waals surface area contributed by atoms with Crippen LogP contribution in [0.5, 0.6) is 0 Å². The summed E-state index contributed by atoms with van der Waals surface area (Å²) in [5, 5.41) is 9.82. The van der Waals surface area contributed by atoms with Crippen molar-refractivity contribution in [2.45, 2.75) is 39.2 Å². The monoisotopic (exact) mass is 228 g/mol. The Morgan fingerprint density at radius 3 is 2.62 bits per heavy atom. The Bertz CT molecular complexity index is 339. The standard InChI is InChI=1S/C13H18F2O/c1-3-5-9(2)8-12(16)10-6-4-7-11(14)13(10)15/h4,6-7,9,12,16H,3,5,8H2,1-2H3. The largest absolute Gasteiger partial charge is 0.388 e. The Balaban J connectivity index is 2.72. The fraction of sp³-hybridized carbons (Fsp3) is 0.538. The highest BCUT2D eigenvalue weighted by molar-refractivity contribution is 5.21. The number of halogens is 2. The van der Waals surface area contributed by atoms with Gasteiger partial charge in [0, 0.05) is 5.56 Å². The fourth-order valence-electron chi connectivity index (χ4n) is 1.90. The Morgan fingerprint density at radius 1 is 1.31 bits per heavy atom. The Morgan fingerprint density at radius 2 is 2.00 bits per heavy atom. The van der Waals surface area contributed by atoms with Gasteiger partial charge in [-0.25, -0.2) is 8.78 Å². The van der Waals surface area contributed by atoms with Crippen LogP contribution < -0.4 is 0 Å².